The Bertz CT molecular complexity index is 278. The van der Waals surface area contributed by atoms with Gasteiger partial charge in [0.2, 0.25) is 0 Å². The second-order valence-corrected chi connectivity index (χ2v) is 4.10. The first-order valence-corrected chi connectivity index (χ1v) is 5.45. The quantitative estimate of drug-likeness (QED) is 0.807. The molecule has 3 heteroatoms. The lowest BCUT2D eigenvalue weighted by molar-refractivity contribution is 0.144. The van der Waals surface area contributed by atoms with E-state index < -0.39 is 0 Å². The molecule has 1 aromatic rings. The molecule has 1 aromatic carbocycles. The van der Waals surface area contributed by atoms with Gasteiger partial charge < -0.3 is 0 Å². The van der Waals surface area contributed by atoms with Crippen LogP contribution in [0.1, 0.15) is 18.4 Å². The van der Waals surface area contributed by atoms with Crippen molar-refractivity contribution in [3.8, 4) is 0 Å². The molecular weight excluding hydrogens is 196 g/mol. The molecular formula is C11H15ClN2. The predicted molar refractivity (Wildman–Crippen MR) is 59.1 cm³/mol. The van der Waals surface area contributed by atoms with Gasteiger partial charge in [0, 0.05) is 24.7 Å². The van der Waals surface area contributed by atoms with Crippen LogP contribution >= 0.6 is 11.6 Å². The van der Waals surface area contributed by atoms with Crippen LogP contribution in [0, 0.1) is 0 Å². The van der Waals surface area contributed by atoms with E-state index in [0.29, 0.717) is 0 Å². The van der Waals surface area contributed by atoms with Gasteiger partial charge in [-0.3, -0.25) is 5.43 Å². The SMILES string of the molecule is Clc1ccc(CN2CCCCN2)cc1. The van der Waals surface area contributed by atoms with E-state index in [1.165, 1.54) is 18.4 Å². The summed E-state index contributed by atoms with van der Waals surface area (Å²) in [6.07, 6.45) is 2.58. The summed E-state index contributed by atoms with van der Waals surface area (Å²) in [7, 11) is 0. The second kappa shape index (κ2) is 4.78. The number of rotatable bonds is 2. The van der Waals surface area contributed by atoms with E-state index in [-0.39, 0.29) is 0 Å². The fourth-order valence-corrected chi connectivity index (χ4v) is 1.82. The molecule has 0 amide bonds. The predicted octanol–water partition coefficient (Wildman–Crippen LogP) is 2.44. The van der Waals surface area contributed by atoms with Crippen LogP contribution in [-0.2, 0) is 6.54 Å². The van der Waals surface area contributed by atoms with Crippen molar-refractivity contribution in [1.29, 1.82) is 0 Å². The van der Waals surface area contributed by atoms with Gasteiger partial charge in [0.15, 0.2) is 0 Å². The van der Waals surface area contributed by atoms with E-state index in [4.69, 9.17) is 11.6 Å². The number of hydrazine groups is 1. The van der Waals surface area contributed by atoms with Crippen molar-refractivity contribution in [2.24, 2.45) is 0 Å². The summed E-state index contributed by atoms with van der Waals surface area (Å²) in [5.41, 5.74) is 4.69. The fraction of sp³-hybridized carbons (Fsp3) is 0.455. The van der Waals surface area contributed by atoms with Crippen molar-refractivity contribution in [3.05, 3.63) is 34.9 Å². The van der Waals surface area contributed by atoms with Gasteiger partial charge in [-0.2, -0.15) is 0 Å². The van der Waals surface area contributed by atoms with Gasteiger partial charge in [-0.15, -0.1) is 0 Å². The van der Waals surface area contributed by atoms with Crippen molar-refractivity contribution in [2.75, 3.05) is 13.1 Å². The highest BCUT2D eigenvalue weighted by Crippen LogP contribution is 2.12. The minimum absolute atomic E-state index is 0.806. The van der Waals surface area contributed by atoms with Crippen LogP contribution in [0.4, 0.5) is 0 Å². The van der Waals surface area contributed by atoms with Crippen molar-refractivity contribution in [2.45, 2.75) is 19.4 Å². The zero-order chi connectivity index (χ0) is 9.80. The molecule has 0 saturated carbocycles. The normalized spacial score (nSPS) is 18.4. The monoisotopic (exact) mass is 210 g/mol. The summed E-state index contributed by atoms with van der Waals surface area (Å²) < 4.78 is 0. The first-order chi connectivity index (χ1) is 6.84. The van der Waals surface area contributed by atoms with Crippen LogP contribution in [0.25, 0.3) is 0 Å². The molecule has 1 N–H and O–H groups in total. The molecule has 2 rings (SSSR count). The van der Waals surface area contributed by atoms with Crippen LogP contribution < -0.4 is 5.43 Å². The number of hydrogen-bond acceptors (Lipinski definition) is 2. The molecule has 14 heavy (non-hydrogen) atoms. The second-order valence-electron chi connectivity index (χ2n) is 3.66. The molecule has 76 valence electrons. The Morgan fingerprint density at radius 3 is 2.64 bits per heavy atom. The van der Waals surface area contributed by atoms with Gasteiger partial charge in [0.05, 0.1) is 0 Å². The molecule has 0 aliphatic carbocycles. The first kappa shape index (κ1) is 9.97. The molecule has 2 nitrogen and oxygen atoms in total. The lowest BCUT2D eigenvalue weighted by atomic mass is 10.2. The Morgan fingerprint density at radius 1 is 1.21 bits per heavy atom. The molecule has 0 spiro atoms. The minimum atomic E-state index is 0.806. The largest absolute Gasteiger partial charge is 0.255 e. The van der Waals surface area contributed by atoms with Gasteiger partial charge in [-0.25, -0.2) is 5.01 Å². The van der Waals surface area contributed by atoms with E-state index >= 15 is 0 Å². The van der Waals surface area contributed by atoms with Crippen LogP contribution in [-0.4, -0.2) is 18.1 Å². The van der Waals surface area contributed by atoms with Gasteiger partial charge in [0.25, 0.3) is 0 Å². The third kappa shape index (κ3) is 2.71. The maximum Gasteiger partial charge on any atom is 0.0406 e. The topological polar surface area (TPSA) is 15.3 Å². The zero-order valence-corrected chi connectivity index (χ0v) is 8.93. The highest BCUT2D eigenvalue weighted by molar-refractivity contribution is 6.30. The summed E-state index contributed by atoms with van der Waals surface area (Å²) in [6.45, 7) is 3.22. The molecule has 1 aliphatic heterocycles. The molecule has 0 atom stereocenters. The maximum absolute atomic E-state index is 5.83. The van der Waals surface area contributed by atoms with Crippen molar-refractivity contribution < 1.29 is 0 Å². The maximum atomic E-state index is 5.83. The van der Waals surface area contributed by atoms with E-state index in [1.807, 2.05) is 12.1 Å². The third-order valence-electron chi connectivity index (χ3n) is 2.48. The number of hydrogen-bond donors (Lipinski definition) is 1. The molecule has 0 bridgehead atoms. The lowest BCUT2D eigenvalue weighted by Crippen LogP contribution is -2.42. The zero-order valence-electron chi connectivity index (χ0n) is 8.17. The smallest absolute Gasteiger partial charge is 0.0406 e. The van der Waals surface area contributed by atoms with E-state index in [1.54, 1.807) is 0 Å². The van der Waals surface area contributed by atoms with Gasteiger partial charge >= 0.3 is 0 Å². The molecule has 1 saturated heterocycles. The summed E-state index contributed by atoms with van der Waals surface area (Å²) >= 11 is 5.83. The molecule has 0 aromatic heterocycles. The Kier molecular flexibility index (Phi) is 3.40. The van der Waals surface area contributed by atoms with Gasteiger partial charge in [-0.1, -0.05) is 23.7 Å². The van der Waals surface area contributed by atoms with Crippen molar-refractivity contribution >= 4 is 11.6 Å². The fourth-order valence-electron chi connectivity index (χ4n) is 1.69. The number of benzene rings is 1. The highest BCUT2D eigenvalue weighted by Gasteiger charge is 2.08. The Labute approximate surface area is 89.8 Å². The minimum Gasteiger partial charge on any atom is -0.255 e. The summed E-state index contributed by atoms with van der Waals surface area (Å²) in [6, 6.07) is 8.05. The van der Waals surface area contributed by atoms with Crippen LogP contribution in [0.3, 0.4) is 0 Å². The van der Waals surface area contributed by atoms with E-state index in [9.17, 15) is 0 Å². The molecule has 1 aliphatic rings. The van der Waals surface area contributed by atoms with E-state index in [0.717, 1.165) is 24.7 Å². The summed E-state index contributed by atoms with van der Waals surface area (Å²) in [4.78, 5) is 0. The van der Waals surface area contributed by atoms with Crippen molar-refractivity contribution in [1.82, 2.24) is 10.4 Å². The van der Waals surface area contributed by atoms with Crippen molar-refractivity contribution in [3.63, 3.8) is 0 Å². The average molecular weight is 211 g/mol. The van der Waals surface area contributed by atoms with Crippen LogP contribution in [0.2, 0.25) is 5.02 Å². The highest BCUT2D eigenvalue weighted by atomic mass is 35.5. The Morgan fingerprint density at radius 2 is 2.00 bits per heavy atom. The Hall–Kier alpha value is -0.570. The average Bonchev–Trinajstić information content (AvgIpc) is 2.23. The van der Waals surface area contributed by atoms with Crippen LogP contribution in [0.15, 0.2) is 24.3 Å². The summed E-state index contributed by atoms with van der Waals surface area (Å²) in [5.74, 6) is 0. The standard InChI is InChI=1S/C11H15ClN2/c12-11-5-3-10(4-6-11)9-14-8-2-1-7-13-14/h3-6,13H,1-2,7-9H2. The van der Waals surface area contributed by atoms with Crippen LogP contribution in [0.5, 0.6) is 0 Å². The summed E-state index contributed by atoms with van der Waals surface area (Å²) in [5, 5.41) is 3.08. The van der Waals surface area contributed by atoms with Gasteiger partial charge in [-0.05, 0) is 30.5 Å². The van der Waals surface area contributed by atoms with Gasteiger partial charge in [0.1, 0.15) is 0 Å². The molecule has 1 fully saturated rings. The Balaban J connectivity index is 1.92. The molecule has 0 radical (unpaired) electrons. The first-order valence-electron chi connectivity index (χ1n) is 5.07. The number of halogens is 1. The van der Waals surface area contributed by atoms with E-state index in [2.05, 4.69) is 22.6 Å². The third-order valence-corrected chi connectivity index (χ3v) is 2.73. The lowest BCUT2D eigenvalue weighted by Gasteiger charge is -2.27. The number of nitrogens with zero attached hydrogens (tertiary/aromatic N) is 1. The molecule has 0 unspecified atom stereocenters. The molecule has 1 heterocycles. The number of nitrogens with one attached hydrogen (secondary N) is 1.